The lowest BCUT2D eigenvalue weighted by Gasteiger charge is -2.13. The molecule has 0 unspecified atom stereocenters. The van der Waals surface area contributed by atoms with Gasteiger partial charge in [0, 0.05) is 0 Å². The standard InChI is InChI=1S/C6H15N.C6H14O.C6H14/c1-4-7(5-2)6-3;1-5(2)7-6(3)4;1-3-5-6-4-2/h4-6H2,1-3H3;5-6H,1-4H3;3-6H2,1-2H3. The van der Waals surface area contributed by atoms with Crippen LogP contribution in [0.15, 0.2) is 0 Å². The van der Waals surface area contributed by atoms with E-state index in [0.29, 0.717) is 12.2 Å². The number of rotatable bonds is 8. The predicted molar refractivity (Wildman–Crippen MR) is 94.6 cm³/mol. The largest absolute Gasteiger partial charge is 0.376 e. The van der Waals surface area contributed by atoms with Crippen molar-refractivity contribution in [2.45, 2.75) is 100 Å². The first kappa shape index (κ1) is 24.9. The second-order valence-corrected chi connectivity index (χ2v) is 5.56. The first-order chi connectivity index (χ1) is 9.39. The average Bonchev–Trinajstić information content (AvgIpc) is 2.38. The first-order valence-corrected chi connectivity index (χ1v) is 8.77. The van der Waals surface area contributed by atoms with Crippen LogP contribution in [-0.2, 0) is 4.74 Å². The molecule has 2 nitrogen and oxygen atoms in total. The lowest BCUT2D eigenvalue weighted by Crippen LogP contribution is -2.21. The maximum atomic E-state index is 5.25. The molecule has 0 aliphatic rings. The van der Waals surface area contributed by atoms with Gasteiger partial charge >= 0.3 is 0 Å². The topological polar surface area (TPSA) is 12.5 Å². The van der Waals surface area contributed by atoms with E-state index in [-0.39, 0.29) is 0 Å². The molecule has 0 atom stereocenters. The molecule has 0 aliphatic heterocycles. The third kappa shape index (κ3) is 30.7. The van der Waals surface area contributed by atoms with Crippen LogP contribution in [0.2, 0.25) is 0 Å². The Morgan fingerprint density at radius 2 is 0.950 bits per heavy atom. The predicted octanol–water partition coefficient (Wildman–Crippen LogP) is 5.75. The molecular weight excluding hydrogens is 246 g/mol. The third-order valence-corrected chi connectivity index (χ3v) is 2.84. The molecule has 0 heterocycles. The van der Waals surface area contributed by atoms with Crippen LogP contribution in [0.1, 0.15) is 88.0 Å². The van der Waals surface area contributed by atoms with Crippen molar-refractivity contribution in [1.29, 1.82) is 0 Å². The molecule has 0 aromatic heterocycles. The van der Waals surface area contributed by atoms with Gasteiger partial charge in [-0.15, -0.1) is 0 Å². The second-order valence-electron chi connectivity index (χ2n) is 5.56. The summed E-state index contributed by atoms with van der Waals surface area (Å²) in [7, 11) is 0. The summed E-state index contributed by atoms with van der Waals surface area (Å²) in [5.41, 5.74) is 0. The van der Waals surface area contributed by atoms with E-state index < -0.39 is 0 Å². The summed E-state index contributed by atoms with van der Waals surface area (Å²) in [4.78, 5) is 2.38. The third-order valence-electron chi connectivity index (χ3n) is 2.84. The Morgan fingerprint density at radius 3 is 1.00 bits per heavy atom. The average molecular weight is 290 g/mol. The van der Waals surface area contributed by atoms with Gasteiger partial charge in [0.1, 0.15) is 0 Å². The van der Waals surface area contributed by atoms with Gasteiger partial charge in [0.2, 0.25) is 0 Å². The van der Waals surface area contributed by atoms with Crippen LogP contribution in [0.4, 0.5) is 0 Å². The molecule has 0 N–H and O–H groups in total. The van der Waals surface area contributed by atoms with E-state index >= 15 is 0 Å². The Labute approximate surface area is 130 Å². The normalized spacial score (nSPS) is 10.2. The highest BCUT2D eigenvalue weighted by Gasteiger charge is 1.94. The van der Waals surface area contributed by atoms with Gasteiger partial charge in [-0.05, 0) is 47.3 Å². The van der Waals surface area contributed by atoms with E-state index in [4.69, 9.17) is 4.74 Å². The van der Waals surface area contributed by atoms with Gasteiger partial charge in [0.25, 0.3) is 0 Å². The molecule has 0 saturated carbocycles. The SMILES string of the molecule is CC(C)OC(C)C.CCCCCC.CCN(CC)CC. The summed E-state index contributed by atoms with van der Waals surface area (Å²) in [5, 5.41) is 0. The molecule has 0 spiro atoms. The van der Waals surface area contributed by atoms with Gasteiger partial charge < -0.3 is 9.64 Å². The van der Waals surface area contributed by atoms with Gasteiger partial charge in [-0.25, -0.2) is 0 Å². The molecule has 0 aromatic rings. The van der Waals surface area contributed by atoms with Crippen molar-refractivity contribution in [1.82, 2.24) is 4.90 Å². The van der Waals surface area contributed by atoms with Crippen molar-refractivity contribution in [3.8, 4) is 0 Å². The van der Waals surface area contributed by atoms with Crippen molar-refractivity contribution in [2.75, 3.05) is 19.6 Å². The van der Waals surface area contributed by atoms with Crippen molar-refractivity contribution in [3.63, 3.8) is 0 Å². The number of ether oxygens (including phenoxy) is 1. The van der Waals surface area contributed by atoms with Crippen LogP contribution in [0.3, 0.4) is 0 Å². The minimum Gasteiger partial charge on any atom is -0.376 e. The highest BCUT2D eigenvalue weighted by atomic mass is 16.5. The van der Waals surface area contributed by atoms with Gasteiger partial charge in [0.15, 0.2) is 0 Å². The van der Waals surface area contributed by atoms with E-state index in [1.54, 1.807) is 0 Å². The zero-order valence-electron chi connectivity index (χ0n) is 16.0. The molecule has 0 aromatic carbocycles. The minimum atomic E-state index is 0.375. The summed E-state index contributed by atoms with van der Waals surface area (Å²) in [6.45, 7) is 22.8. The number of nitrogens with zero attached hydrogens (tertiary/aromatic N) is 1. The Hall–Kier alpha value is -0.0800. The fourth-order valence-corrected chi connectivity index (χ4v) is 1.72. The van der Waals surface area contributed by atoms with E-state index in [2.05, 4.69) is 39.5 Å². The smallest absolute Gasteiger partial charge is 0.0522 e. The highest BCUT2D eigenvalue weighted by molar-refractivity contribution is 4.43. The zero-order chi connectivity index (χ0) is 16.4. The number of hydrogen-bond donors (Lipinski definition) is 0. The summed E-state index contributed by atoms with van der Waals surface area (Å²) < 4.78 is 5.25. The number of unbranched alkanes of at least 4 members (excludes halogenated alkanes) is 3. The van der Waals surface area contributed by atoms with E-state index in [0.717, 1.165) is 0 Å². The van der Waals surface area contributed by atoms with E-state index in [1.807, 2.05) is 27.7 Å². The van der Waals surface area contributed by atoms with Gasteiger partial charge in [0.05, 0.1) is 12.2 Å². The first-order valence-electron chi connectivity index (χ1n) is 8.77. The molecule has 20 heavy (non-hydrogen) atoms. The van der Waals surface area contributed by atoms with Crippen LogP contribution in [0.5, 0.6) is 0 Å². The molecule has 0 rings (SSSR count). The van der Waals surface area contributed by atoms with Gasteiger partial charge in [-0.2, -0.15) is 0 Å². The van der Waals surface area contributed by atoms with E-state index in [1.165, 1.54) is 45.3 Å². The van der Waals surface area contributed by atoms with Crippen LogP contribution in [-0.4, -0.2) is 36.7 Å². The van der Waals surface area contributed by atoms with Crippen LogP contribution < -0.4 is 0 Å². The Kier molecular flexibility index (Phi) is 26.4. The van der Waals surface area contributed by atoms with E-state index in [9.17, 15) is 0 Å². The molecular formula is C18H43NO. The summed E-state index contributed by atoms with van der Waals surface area (Å²) in [6, 6.07) is 0. The fourth-order valence-electron chi connectivity index (χ4n) is 1.72. The Bertz CT molecular complexity index is 127. The van der Waals surface area contributed by atoms with Crippen LogP contribution in [0, 0.1) is 0 Å². The molecule has 126 valence electrons. The lowest BCUT2D eigenvalue weighted by atomic mass is 10.2. The molecule has 0 amide bonds. The molecule has 0 aliphatic carbocycles. The molecule has 0 fully saturated rings. The maximum absolute atomic E-state index is 5.25. The van der Waals surface area contributed by atoms with Crippen LogP contribution in [0.25, 0.3) is 0 Å². The minimum absolute atomic E-state index is 0.375. The van der Waals surface area contributed by atoms with Gasteiger partial charge in [-0.3, -0.25) is 0 Å². The van der Waals surface area contributed by atoms with Gasteiger partial charge in [-0.1, -0.05) is 60.3 Å². The fraction of sp³-hybridized carbons (Fsp3) is 1.00. The molecule has 2 heteroatoms. The Morgan fingerprint density at radius 1 is 0.650 bits per heavy atom. The summed E-state index contributed by atoms with van der Waals surface area (Å²) in [5.74, 6) is 0. The monoisotopic (exact) mass is 289 g/mol. The summed E-state index contributed by atoms with van der Waals surface area (Å²) >= 11 is 0. The lowest BCUT2D eigenvalue weighted by molar-refractivity contribution is 0.0300. The zero-order valence-corrected chi connectivity index (χ0v) is 16.0. The van der Waals surface area contributed by atoms with Crippen molar-refractivity contribution < 1.29 is 4.74 Å². The second kappa shape index (κ2) is 21.2. The quantitative estimate of drug-likeness (QED) is 0.527. The van der Waals surface area contributed by atoms with Crippen LogP contribution >= 0.6 is 0 Å². The molecule has 0 saturated heterocycles. The van der Waals surface area contributed by atoms with Crippen molar-refractivity contribution in [3.05, 3.63) is 0 Å². The molecule has 0 radical (unpaired) electrons. The van der Waals surface area contributed by atoms with Crippen molar-refractivity contribution >= 4 is 0 Å². The number of hydrogen-bond acceptors (Lipinski definition) is 2. The summed E-state index contributed by atoms with van der Waals surface area (Å²) in [6.07, 6.45) is 6.29. The Balaban J connectivity index is -0.000000218. The highest BCUT2D eigenvalue weighted by Crippen LogP contribution is 1.95. The van der Waals surface area contributed by atoms with Crippen molar-refractivity contribution in [2.24, 2.45) is 0 Å². The maximum Gasteiger partial charge on any atom is 0.0522 e. The molecule has 0 bridgehead atoms.